The van der Waals surface area contributed by atoms with Crippen LogP contribution < -0.4 is 0 Å². The summed E-state index contributed by atoms with van der Waals surface area (Å²) in [4.78, 5) is 14.2. The van der Waals surface area contributed by atoms with E-state index in [1.54, 1.807) is 44.7 Å². The first kappa shape index (κ1) is 21.2. The zero-order valence-corrected chi connectivity index (χ0v) is 17.3. The molecule has 0 radical (unpaired) electrons. The highest BCUT2D eigenvalue weighted by Crippen LogP contribution is 2.25. The largest absolute Gasteiger partial charge is 0.444 e. The minimum Gasteiger partial charge on any atom is -0.444 e. The van der Waals surface area contributed by atoms with E-state index in [0.717, 1.165) is 5.56 Å². The van der Waals surface area contributed by atoms with Crippen LogP contribution in [0, 0.1) is 11.3 Å². The number of hydrogen-bond acceptors (Lipinski definition) is 5. The number of nitriles is 1. The van der Waals surface area contributed by atoms with Crippen molar-refractivity contribution in [3.8, 4) is 6.07 Å². The molecule has 1 heterocycles. The maximum Gasteiger partial charge on any atom is 0.410 e. The Labute approximate surface area is 161 Å². The van der Waals surface area contributed by atoms with Crippen molar-refractivity contribution in [2.75, 3.05) is 13.1 Å². The number of amides is 1. The average molecular weight is 394 g/mol. The fraction of sp³-hybridized carbons (Fsp3) is 0.579. The van der Waals surface area contributed by atoms with Crippen molar-refractivity contribution in [2.24, 2.45) is 0 Å². The Morgan fingerprint density at radius 1 is 1.19 bits per heavy atom. The number of sulfonamides is 1. The monoisotopic (exact) mass is 393 g/mol. The van der Waals surface area contributed by atoms with Crippen LogP contribution in [0.3, 0.4) is 0 Å². The molecule has 1 fully saturated rings. The van der Waals surface area contributed by atoms with Gasteiger partial charge in [0.25, 0.3) is 0 Å². The van der Waals surface area contributed by atoms with Gasteiger partial charge in [0.05, 0.1) is 17.4 Å². The Kier molecular flexibility index (Phi) is 6.17. The van der Waals surface area contributed by atoms with E-state index in [0.29, 0.717) is 0 Å². The summed E-state index contributed by atoms with van der Waals surface area (Å²) in [7, 11) is -3.69. The van der Waals surface area contributed by atoms with Crippen LogP contribution in [0.4, 0.5) is 4.79 Å². The van der Waals surface area contributed by atoms with Gasteiger partial charge in [0.1, 0.15) is 5.60 Å². The number of ether oxygens (including phenoxy) is 1. The summed E-state index contributed by atoms with van der Waals surface area (Å²) in [6.45, 7) is 9.46. The molecule has 27 heavy (non-hydrogen) atoms. The van der Waals surface area contributed by atoms with E-state index in [9.17, 15) is 13.2 Å². The lowest BCUT2D eigenvalue weighted by Crippen LogP contribution is -2.59. The third kappa shape index (κ3) is 4.99. The second kappa shape index (κ2) is 7.87. The van der Waals surface area contributed by atoms with Crippen LogP contribution >= 0.6 is 0 Å². The first-order chi connectivity index (χ1) is 12.5. The summed E-state index contributed by atoms with van der Waals surface area (Å²) in [6.07, 6.45) is -0.192. The summed E-state index contributed by atoms with van der Waals surface area (Å²) >= 11 is 0. The molecule has 0 aromatic heterocycles. The number of piperazine rings is 1. The quantitative estimate of drug-likeness (QED) is 0.787. The van der Waals surface area contributed by atoms with Gasteiger partial charge in [-0.2, -0.15) is 9.57 Å². The molecular weight excluding hydrogens is 366 g/mol. The van der Waals surface area contributed by atoms with Crippen LogP contribution in [0.15, 0.2) is 29.2 Å². The molecule has 2 unspecified atom stereocenters. The van der Waals surface area contributed by atoms with Gasteiger partial charge in [-0.15, -0.1) is 0 Å². The number of rotatable bonds is 3. The van der Waals surface area contributed by atoms with Gasteiger partial charge in [0, 0.05) is 25.2 Å². The van der Waals surface area contributed by atoms with Crippen LogP contribution in [-0.2, 0) is 21.2 Å². The zero-order valence-electron chi connectivity index (χ0n) is 16.5. The molecule has 1 aliphatic rings. The summed E-state index contributed by atoms with van der Waals surface area (Å²) in [5.74, 6) is 0. The molecule has 2 rings (SSSR count). The molecule has 1 saturated heterocycles. The SMILES string of the molecule is CC1CN(S(=O)(=O)c2ccc(CC#N)cc2)C(C)CN1C(=O)OC(C)(C)C. The summed E-state index contributed by atoms with van der Waals surface area (Å²) in [5.41, 5.74) is 0.168. The molecule has 1 aliphatic heterocycles. The molecule has 0 bridgehead atoms. The lowest BCUT2D eigenvalue weighted by atomic mass is 10.1. The number of hydrogen-bond donors (Lipinski definition) is 0. The third-order valence-corrected chi connectivity index (χ3v) is 6.36. The van der Waals surface area contributed by atoms with Crippen molar-refractivity contribution in [2.45, 2.75) is 63.6 Å². The maximum absolute atomic E-state index is 13.0. The molecule has 0 aliphatic carbocycles. The molecule has 0 spiro atoms. The van der Waals surface area contributed by atoms with Gasteiger partial charge in [-0.1, -0.05) is 12.1 Å². The standard InChI is InChI=1S/C19H27N3O4S/c1-14-13-22(15(2)12-21(14)18(23)26-19(3,4)5)27(24,25)17-8-6-16(7-9-17)10-11-20/h6-9,14-15H,10,12-13H2,1-5H3. The van der Waals surface area contributed by atoms with Gasteiger partial charge in [-0.3, -0.25) is 0 Å². The van der Waals surface area contributed by atoms with Crippen LogP contribution in [0.5, 0.6) is 0 Å². The highest BCUT2D eigenvalue weighted by atomic mass is 32.2. The zero-order chi connectivity index (χ0) is 20.4. The van der Waals surface area contributed by atoms with E-state index in [1.165, 1.54) is 16.4 Å². The van der Waals surface area contributed by atoms with Gasteiger partial charge >= 0.3 is 6.09 Å². The highest BCUT2D eigenvalue weighted by molar-refractivity contribution is 7.89. The number of carbonyl (C=O) groups excluding carboxylic acids is 1. The predicted molar refractivity (Wildman–Crippen MR) is 102 cm³/mol. The summed E-state index contributed by atoms with van der Waals surface area (Å²) < 4.78 is 32.9. The van der Waals surface area contributed by atoms with Crippen molar-refractivity contribution < 1.29 is 17.9 Å². The van der Waals surface area contributed by atoms with Crippen molar-refractivity contribution >= 4 is 16.1 Å². The van der Waals surface area contributed by atoms with Crippen molar-refractivity contribution in [3.05, 3.63) is 29.8 Å². The minimum absolute atomic E-state index is 0.189. The second-order valence-electron chi connectivity index (χ2n) is 7.88. The highest BCUT2D eigenvalue weighted by Gasteiger charge is 2.40. The van der Waals surface area contributed by atoms with E-state index in [-0.39, 0.29) is 36.5 Å². The van der Waals surface area contributed by atoms with E-state index in [4.69, 9.17) is 10.00 Å². The molecule has 1 aromatic rings. The van der Waals surface area contributed by atoms with Crippen LogP contribution in [0.2, 0.25) is 0 Å². The van der Waals surface area contributed by atoms with E-state index < -0.39 is 21.7 Å². The first-order valence-corrected chi connectivity index (χ1v) is 10.4. The molecule has 1 amide bonds. The number of nitrogens with zero attached hydrogens (tertiary/aromatic N) is 3. The lowest BCUT2D eigenvalue weighted by Gasteiger charge is -2.43. The second-order valence-corrected chi connectivity index (χ2v) is 9.77. The summed E-state index contributed by atoms with van der Waals surface area (Å²) in [6, 6.07) is 7.72. The molecule has 0 N–H and O–H groups in total. The Morgan fingerprint density at radius 2 is 1.78 bits per heavy atom. The van der Waals surface area contributed by atoms with E-state index in [2.05, 4.69) is 0 Å². The van der Waals surface area contributed by atoms with E-state index in [1.807, 2.05) is 13.0 Å². The molecule has 0 saturated carbocycles. The van der Waals surface area contributed by atoms with Crippen LogP contribution in [0.1, 0.15) is 40.2 Å². The van der Waals surface area contributed by atoms with Crippen molar-refractivity contribution in [3.63, 3.8) is 0 Å². The minimum atomic E-state index is -3.69. The van der Waals surface area contributed by atoms with Crippen molar-refractivity contribution in [1.82, 2.24) is 9.21 Å². The normalized spacial score (nSPS) is 21.6. The Bertz CT molecular complexity index is 822. The van der Waals surface area contributed by atoms with Gasteiger partial charge in [-0.05, 0) is 52.3 Å². The first-order valence-electron chi connectivity index (χ1n) is 8.93. The van der Waals surface area contributed by atoms with Gasteiger partial charge in [0.15, 0.2) is 0 Å². The van der Waals surface area contributed by atoms with Crippen molar-refractivity contribution in [1.29, 1.82) is 5.26 Å². The molecule has 1 aromatic carbocycles. The number of benzene rings is 1. The Morgan fingerprint density at radius 3 is 2.30 bits per heavy atom. The van der Waals surface area contributed by atoms with Gasteiger partial charge < -0.3 is 9.64 Å². The predicted octanol–water partition coefficient (Wildman–Crippen LogP) is 2.77. The summed E-state index contributed by atoms with van der Waals surface area (Å²) in [5, 5.41) is 8.74. The molecule has 8 heteroatoms. The average Bonchev–Trinajstić information content (AvgIpc) is 2.55. The number of carbonyl (C=O) groups is 1. The molecule has 2 atom stereocenters. The smallest absolute Gasteiger partial charge is 0.410 e. The topological polar surface area (TPSA) is 90.7 Å². The fourth-order valence-corrected chi connectivity index (χ4v) is 4.71. The Hall–Kier alpha value is -2.11. The van der Waals surface area contributed by atoms with E-state index >= 15 is 0 Å². The Balaban J connectivity index is 2.18. The maximum atomic E-state index is 13.0. The molecule has 7 nitrogen and oxygen atoms in total. The third-order valence-electron chi connectivity index (χ3n) is 4.37. The lowest BCUT2D eigenvalue weighted by molar-refractivity contribution is 0.00190. The van der Waals surface area contributed by atoms with Gasteiger partial charge in [-0.25, -0.2) is 13.2 Å². The molecule has 148 valence electrons. The van der Waals surface area contributed by atoms with Crippen LogP contribution in [0.25, 0.3) is 0 Å². The van der Waals surface area contributed by atoms with Crippen LogP contribution in [-0.4, -0.2) is 54.5 Å². The molecular formula is C19H27N3O4S. The van der Waals surface area contributed by atoms with Gasteiger partial charge in [0.2, 0.25) is 10.0 Å². The fourth-order valence-electron chi connectivity index (χ4n) is 3.01.